The lowest BCUT2D eigenvalue weighted by Gasteiger charge is -2.10. The topological polar surface area (TPSA) is 49.2 Å². The van der Waals surface area contributed by atoms with Crippen molar-refractivity contribution in [2.75, 3.05) is 20.8 Å². The smallest absolute Gasteiger partial charge is 0.191 e. The minimum absolute atomic E-state index is 0.592. The molecule has 0 unspecified atom stereocenters. The maximum absolute atomic E-state index is 5.99. The van der Waals surface area contributed by atoms with Gasteiger partial charge in [-0.2, -0.15) is 0 Å². The summed E-state index contributed by atoms with van der Waals surface area (Å²) in [6, 6.07) is 15.7. The zero-order chi connectivity index (χ0) is 18.4. The van der Waals surface area contributed by atoms with Crippen LogP contribution in [0.1, 0.15) is 5.56 Å². The Morgan fingerprint density at radius 2 is 1.73 bits per heavy atom. The molecule has 0 N–H and O–H groups in total. The number of hydrogen-bond donors (Lipinski definition) is 0. The Bertz CT molecular complexity index is 835. The van der Waals surface area contributed by atoms with Gasteiger partial charge in [0.2, 0.25) is 0 Å². The van der Waals surface area contributed by atoms with Crippen LogP contribution in [0.5, 0.6) is 5.75 Å². The molecule has 0 aliphatic carbocycles. The lowest BCUT2D eigenvalue weighted by atomic mass is 10.2. The van der Waals surface area contributed by atoms with E-state index in [4.69, 9.17) is 21.1 Å². The van der Waals surface area contributed by atoms with Gasteiger partial charge >= 0.3 is 0 Å². The van der Waals surface area contributed by atoms with E-state index in [1.54, 1.807) is 26.0 Å². The molecule has 1 aromatic heterocycles. The van der Waals surface area contributed by atoms with Gasteiger partial charge in [-0.3, -0.25) is 4.57 Å². The Morgan fingerprint density at radius 3 is 2.38 bits per heavy atom. The Hall–Kier alpha value is -2.02. The second-order valence-electron chi connectivity index (χ2n) is 5.59. The average molecular weight is 390 g/mol. The van der Waals surface area contributed by atoms with Gasteiger partial charge < -0.3 is 9.47 Å². The molecule has 0 radical (unpaired) electrons. The van der Waals surface area contributed by atoms with E-state index in [1.807, 2.05) is 36.4 Å². The summed E-state index contributed by atoms with van der Waals surface area (Å²) in [6.07, 6.45) is 0. The zero-order valence-electron chi connectivity index (χ0n) is 14.7. The molecule has 2 aromatic carbocycles. The first-order chi connectivity index (χ1) is 12.7. The van der Waals surface area contributed by atoms with Crippen LogP contribution in [0.2, 0.25) is 5.02 Å². The predicted octanol–water partition coefficient (Wildman–Crippen LogP) is 4.55. The molecular weight excluding hydrogens is 370 g/mol. The predicted molar refractivity (Wildman–Crippen MR) is 105 cm³/mol. The van der Waals surface area contributed by atoms with Crippen LogP contribution in [0.4, 0.5) is 0 Å². The van der Waals surface area contributed by atoms with Gasteiger partial charge in [-0.05, 0) is 42.0 Å². The molecule has 0 aliphatic rings. The molecule has 0 spiro atoms. The molecule has 0 aliphatic heterocycles. The maximum Gasteiger partial charge on any atom is 0.191 e. The molecule has 0 saturated carbocycles. The normalized spacial score (nSPS) is 10.9. The summed E-state index contributed by atoms with van der Waals surface area (Å²) in [5, 5.41) is 10.3. The van der Waals surface area contributed by atoms with Gasteiger partial charge in [0.25, 0.3) is 0 Å². The summed E-state index contributed by atoms with van der Waals surface area (Å²) in [5.41, 5.74) is 2.18. The minimum Gasteiger partial charge on any atom is -0.497 e. The first-order valence-corrected chi connectivity index (χ1v) is 9.51. The average Bonchev–Trinajstić information content (AvgIpc) is 3.08. The summed E-state index contributed by atoms with van der Waals surface area (Å²) >= 11 is 7.64. The third-order valence-corrected chi connectivity index (χ3v) is 5.16. The molecule has 0 saturated heterocycles. The van der Waals surface area contributed by atoms with Crippen LogP contribution in [0.3, 0.4) is 0 Å². The molecule has 0 atom stereocenters. The van der Waals surface area contributed by atoms with Gasteiger partial charge in [0.05, 0.1) is 20.3 Å². The highest BCUT2D eigenvalue weighted by molar-refractivity contribution is 7.98. The summed E-state index contributed by atoms with van der Waals surface area (Å²) in [5.74, 6) is 2.47. The van der Waals surface area contributed by atoms with Crippen molar-refractivity contribution >= 4 is 23.4 Å². The SMILES string of the molecule is COCCn1c(SCc2ccc(OC)cc2)nnc1-c1ccc(Cl)cc1. The molecule has 3 rings (SSSR count). The Labute approximate surface area is 162 Å². The molecule has 3 aromatic rings. The number of nitrogens with zero attached hydrogens (tertiary/aromatic N) is 3. The summed E-state index contributed by atoms with van der Waals surface area (Å²) in [4.78, 5) is 0. The van der Waals surface area contributed by atoms with Gasteiger partial charge in [-0.1, -0.05) is 35.5 Å². The standard InChI is InChI=1S/C19H20ClN3O2S/c1-24-12-11-23-18(15-5-7-16(20)8-6-15)21-22-19(23)26-13-14-3-9-17(25-2)10-4-14/h3-10H,11-13H2,1-2H3. The lowest BCUT2D eigenvalue weighted by molar-refractivity contribution is 0.185. The van der Waals surface area contributed by atoms with Crippen molar-refractivity contribution in [1.29, 1.82) is 0 Å². The molecule has 5 nitrogen and oxygen atoms in total. The van der Waals surface area contributed by atoms with Gasteiger partial charge in [-0.15, -0.1) is 10.2 Å². The summed E-state index contributed by atoms with van der Waals surface area (Å²) in [7, 11) is 3.36. The highest BCUT2D eigenvalue weighted by atomic mass is 35.5. The van der Waals surface area contributed by atoms with Crippen LogP contribution in [-0.4, -0.2) is 35.6 Å². The maximum atomic E-state index is 5.99. The largest absolute Gasteiger partial charge is 0.497 e. The molecule has 1 heterocycles. The number of aromatic nitrogens is 3. The summed E-state index contributed by atoms with van der Waals surface area (Å²) in [6.45, 7) is 1.28. The van der Waals surface area contributed by atoms with E-state index in [0.717, 1.165) is 28.0 Å². The molecule has 0 fully saturated rings. The van der Waals surface area contributed by atoms with Crippen molar-refractivity contribution in [2.24, 2.45) is 0 Å². The van der Waals surface area contributed by atoms with Gasteiger partial charge in [0.15, 0.2) is 11.0 Å². The number of rotatable bonds is 8. The van der Waals surface area contributed by atoms with Crippen LogP contribution in [0.15, 0.2) is 53.7 Å². The fourth-order valence-electron chi connectivity index (χ4n) is 2.46. The second-order valence-corrected chi connectivity index (χ2v) is 6.97. The van der Waals surface area contributed by atoms with Crippen LogP contribution in [0.25, 0.3) is 11.4 Å². The van der Waals surface area contributed by atoms with E-state index < -0.39 is 0 Å². The highest BCUT2D eigenvalue weighted by Gasteiger charge is 2.14. The quantitative estimate of drug-likeness (QED) is 0.529. The highest BCUT2D eigenvalue weighted by Crippen LogP contribution is 2.27. The van der Waals surface area contributed by atoms with Crippen LogP contribution in [0, 0.1) is 0 Å². The molecule has 136 valence electrons. The van der Waals surface area contributed by atoms with Crippen LogP contribution in [-0.2, 0) is 17.0 Å². The van der Waals surface area contributed by atoms with Gasteiger partial charge in [-0.25, -0.2) is 0 Å². The van der Waals surface area contributed by atoms with E-state index in [2.05, 4.69) is 26.9 Å². The number of hydrogen-bond acceptors (Lipinski definition) is 5. The number of halogens is 1. The fraction of sp³-hybridized carbons (Fsp3) is 0.263. The van der Waals surface area contributed by atoms with E-state index in [9.17, 15) is 0 Å². The van der Waals surface area contributed by atoms with E-state index in [1.165, 1.54) is 5.56 Å². The molecule has 0 amide bonds. The van der Waals surface area contributed by atoms with Crippen LogP contribution < -0.4 is 4.74 Å². The number of ether oxygens (including phenoxy) is 2. The Balaban J connectivity index is 1.80. The molecular formula is C19H20ClN3O2S. The van der Waals surface area contributed by atoms with Crippen molar-refractivity contribution in [2.45, 2.75) is 17.5 Å². The fourth-order valence-corrected chi connectivity index (χ4v) is 3.51. The van der Waals surface area contributed by atoms with Crippen molar-refractivity contribution in [1.82, 2.24) is 14.8 Å². The third-order valence-electron chi connectivity index (χ3n) is 3.87. The Kier molecular flexibility index (Phi) is 6.55. The first kappa shape index (κ1) is 18.8. The summed E-state index contributed by atoms with van der Waals surface area (Å²) < 4.78 is 12.5. The first-order valence-electron chi connectivity index (χ1n) is 8.15. The van der Waals surface area contributed by atoms with Gasteiger partial charge in [0.1, 0.15) is 5.75 Å². The van der Waals surface area contributed by atoms with Crippen molar-refractivity contribution in [3.8, 4) is 17.1 Å². The van der Waals surface area contributed by atoms with Crippen molar-refractivity contribution in [3.05, 3.63) is 59.1 Å². The third kappa shape index (κ3) is 4.58. The van der Waals surface area contributed by atoms with Gasteiger partial charge in [0, 0.05) is 23.4 Å². The molecule has 7 heteroatoms. The van der Waals surface area contributed by atoms with E-state index >= 15 is 0 Å². The number of benzene rings is 2. The number of methoxy groups -OCH3 is 2. The minimum atomic E-state index is 0.592. The zero-order valence-corrected chi connectivity index (χ0v) is 16.3. The van der Waals surface area contributed by atoms with Crippen LogP contribution >= 0.6 is 23.4 Å². The molecule has 0 bridgehead atoms. The number of thioether (sulfide) groups is 1. The van der Waals surface area contributed by atoms with Crippen molar-refractivity contribution in [3.63, 3.8) is 0 Å². The molecule has 26 heavy (non-hydrogen) atoms. The van der Waals surface area contributed by atoms with E-state index in [-0.39, 0.29) is 0 Å². The van der Waals surface area contributed by atoms with E-state index in [0.29, 0.717) is 18.2 Å². The Morgan fingerprint density at radius 1 is 1.00 bits per heavy atom. The monoisotopic (exact) mass is 389 g/mol. The second kappa shape index (κ2) is 9.07. The lowest BCUT2D eigenvalue weighted by Crippen LogP contribution is -2.07. The van der Waals surface area contributed by atoms with Crippen molar-refractivity contribution < 1.29 is 9.47 Å².